The highest BCUT2D eigenvalue weighted by molar-refractivity contribution is 5.85. The van der Waals surface area contributed by atoms with Gasteiger partial charge in [0.2, 0.25) is 5.91 Å². The van der Waals surface area contributed by atoms with Crippen molar-refractivity contribution < 1.29 is 4.79 Å². The molecule has 0 spiro atoms. The van der Waals surface area contributed by atoms with Crippen LogP contribution in [0.5, 0.6) is 0 Å². The Morgan fingerprint density at radius 3 is 2.44 bits per heavy atom. The molecule has 2 fully saturated rings. The fraction of sp³-hybridized carbons (Fsp3) is 0.917. The molecule has 2 heterocycles. The lowest BCUT2D eigenvalue weighted by Crippen LogP contribution is -2.60. The molecule has 16 heavy (non-hydrogen) atoms. The van der Waals surface area contributed by atoms with E-state index in [1.807, 2.05) is 6.92 Å². The number of carbonyl (C=O) groups excluding carboxylic acids is 1. The van der Waals surface area contributed by atoms with Gasteiger partial charge in [0, 0.05) is 31.1 Å². The average molecular weight is 247 g/mol. The van der Waals surface area contributed by atoms with E-state index in [4.69, 9.17) is 0 Å². The lowest BCUT2D eigenvalue weighted by molar-refractivity contribution is -0.137. The highest BCUT2D eigenvalue weighted by Gasteiger charge is 2.32. The van der Waals surface area contributed by atoms with Gasteiger partial charge in [-0.3, -0.25) is 4.79 Å². The Kier molecular flexibility index (Phi) is 5.06. The van der Waals surface area contributed by atoms with Gasteiger partial charge in [0.1, 0.15) is 0 Å². The lowest BCUT2D eigenvalue weighted by Gasteiger charge is -2.43. The number of fused-ring (bicyclic) bond motifs is 2. The first kappa shape index (κ1) is 13.8. The highest BCUT2D eigenvalue weighted by atomic mass is 35.5. The number of nitrogens with zero attached hydrogens (tertiary/aromatic N) is 1. The van der Waals surface area contributed by atoms with E-state index in [0.717, 1.165) is 19.5 Å². The molecular weight excluding hydrogens is 224 g/mol. The minimum Gasteiger partial charge on any atom is -0.339 e. The van der Waals surface area contributed by atoms with Crippen LogP contribution in [0.1, 0.15) is 39.5 Å². The zero-order chi connectivity index (χ0) is 10.8. The summed E-state index contributed by atoms with van der Waals surface area (Å²) >= 11 is 0. The van der Waals surface area contributed by atoms with E-state index in [1.54, 1.807) is 0 Å². The van der Waals surface area contributed by atoms with Crippen LogP contribution in [0.2, 0.25) is 0 Å². The van der Waals surface area contributed by atoms with Crippen LogP contribution in [0, 0.1) is 5.92 Å². The maximum absolute atomic E-state index is 12.1. The SMILES string of the molecule is CCC(C)C(=O)N1CC2CCCC(C1)N2.Cl. The smallest absolute Gasteiger partial charge is 0.225 e. The number of hydrogen-bond donors (Lipinski definition) is 1. The van der Waals surface area contributed by atoms with Gasteiger partial charge in [-0.1, -0.05) is 20.3 Å². The average Bonchev–Trinajstić information content (AvgIpc) is 2.26. The molecule has 4 heteroatoms. The van der Waals surface area contributed by atoms with Crippen molar-refractivity contribution in [3.8, 4) is 0 Å². The second-order valence-corrected chi connectivity index (χ2v) is 5.04. The van der Waals surface area contributed by atoms with Gasteiger partial charge >= 0.3 is 0 Å². The van der Waals surface area contributed by atoms with Crippen molar-refractivity contribution in [2.24, 2.45) is 5.92 Å². The number of nitrogens with one attached hydrogen (secondary N) is 1. The minimum atomic E-state index is 0. The Hall–Kier alpha value is -0.280. The van der Waals surface area contributed by atoms with Gasteiger partial charge in [-0.25, -0.2) is 0 Å². The standard InChI is InChI=1S/C12H22N2O.ClH/c1-3-9(2)12(15)14-7-10-5-4-6-11(8-14)13-10;/h9-11,13H,3-8H2,1-2H3;1H. The van der Waals surface area contributed by atoms with Crippen molar-refractivity contribution in [3.05, 3.63) is 0 Å². The molecule has 0 aliphatic carbocycles. The second kappa shape index (κ2) is 5.87. The number of piperazine rings is 1. The number of likely N-dealkylation sites (tertiary alicyclic amines) is 1. The number of piperidine rings is 1. The molecule has 3 unspecified atom stereocenters. The number of carbonyl (C=O) groups is 1. The molecule has 1 N–H and O–H groups in total. The molecule has 2 saturated heterocycles. The molecule has 1 amide bonds. The predicted molar refractivity (Wildman–Crippen MR) is 67.8 cm³/mol. The summed E-state index contributed by atoms with van der Waals surface area (Å²) in [5.74, 6) is 0.555. The van der Waals surface area contributed by atoms with Crippen LogP contribution in [-0.4, -0.2) is 36.0 Å². The largest absolute Gasteiger partial charge is 0.339 e. The molecule has 0 aromatic carbocycles. The molecule has 2 aliphatic rings. The molecular formula is C12H23ClN2O. The maximum atomic E-state index is 12.1. The van der Waals surface area contributed by atoms with E-state index >= 15 is 0 Å². The Morgan fingerprint density at radius 2 is 1.94 bits per heavy atom. The monoisotopic (exact) mass is 246 g/mol. The van der Waals surface area contributed by atoms with E-state index in [2.05, 4.69) is 17.1 Å². The molecule has 2 rings (SSSR count). The zero-order valence-corrected chi connectivity index (χ0v) is 11.1. The van der Waals surface area contributed by atoms with Crippen molar-refractivity contribution in [1.29, 1.82) is 0 Å². The normalized spacial score (nSPS) is 30.5. The molecule has 3 nitrogen and oxygen atoms in total. The molecule has 2 aliphatic heterocycles. The molecule has 0 radical (unpaired) electrons. The quantitative estimate of drug-likeness (QED) is 0.806. The third-order valence-electron chi connectivity index (χ3n) is 3.80. The Balaban J connectivity index is 0.00000128. The van der Waals surface area contributed by atoms with Gasteiger partial charge in [-0.2, -0.15) is 0 Å². The lowest BCUT2D eigenvalue weighted by atomic mass is 9.93. The van der Waals surface area contributed by atoms with E-state index in [1.165, 1.54) is 19.3 Å². The summed E-state index contributed by atoms with van der Waals surface area (Å²) in [6.45, 7) is 5.99. The molecule has 3 atom stereocenters. The van der Waals surface area contributed by atoms with Crippen molar-refractivity contribution in [1.82, 2.24) is 10.2 Å². The third kappa shape index (κ3) is 2.89. The van der Waals surface area contributed by atoms with Gasteiger partial charge in [0.05, 0.1) is 0 Å². The number of amides is 1. The van der Waals surface area contributed by atoms with Crippen LogP contribution in [0.25, 0.3) is 0 Å². The summed E-state index contributed by atoms with van der Waals surface area (Å²) < 4.78 is 0. The molecule has 0 aromatic rings. The van der Waals surface area contributed by atoms with E-state index in [9.17, 15) is 4.79 Å². The van der Waals surface area contributed by atoms with Crippen molar-refractivity contribution in [3.63, 3.8) is 0 Å². The number of halogens is 1. The van der Waals surface area contributed by atoms with Gasteiger partial charge in [0.15, 0.2) is 0 Å². The van der Waals surface area contributed by atoms with Crippen LogP contribution < -0.4 is 5.32 Å². The molecule has 0 aromatic heterocycles. The number of hydrogen-bond acceptors (Lipinski definition) is 2. The first-order chi connectivity index (χ1) is 7.20. The Morgan fingerprint density at radius 1 is 1.38 bits per heavy atom. The summed E-state index contributed by atoms with van der Waals surface area (Å²) in [4.78, 5) is 14.1. The highest BCUT2D eigenvalue weighted by Crippen LogP contribution is 2.21. The van der Waals surface area contributed by atoms with Crippen LogP contribution in [-0.2, 0) is 4.79 Å². The van der Waals surface area contributed by atoms with Crippen LogP contribution in [0.4, 0.5) is 0 Å². The summed E-state index contributed by atoms with van der Waals surface area (Å²) in [5, 5.41) is 3.60. The van der Waals surface area contributed by atoms with Crippen LogP contribution >= 0.6 is 12.4 Å². The molecule has 0 saturated carbocycles. The van der Waals surface area contributed by atoms with Crippen molar-refractivity contribution >= 4 is 18.3 Å². The van der Waals surface area contributed by atoms with E-state index in [-0.39, 0.29) is 18.3 Å². The summed E-state index contributed by atoms with van der Waals surface area (Å²) in [7, 11) is 0. The van der Waals surface area contributed by atoms with Gasteiger partial charge in [-0.15, -0.1) is 12.4 Å². The van der Waals surface area contributed by atoms with Crippen LogP contribution in [0.3, 0.4) is 0 Å². The fourth-order valence-corrected chi connectivity index (χ4v) is 2.67. The minimum absolute atomic E-state index is 0. The van der Waals surface area contributed by atoms with Crippen LogP contribution in [0.15, 0.2) is 0 Å². The Labute approximate surface area is 104 Å². The van der Waals surface area contributed by atoms with E-state index in [0.29, 0.717) is 18.0 Å². The van der Waals surface area contributed by atoms with Crippen molar-refractivity contribution in [2.75, 3.05) is 13.1 Å². The van der Waals surface area contributed by atoms with Gasteiger partial charge < -0.3 is 10.2 Å². The van der Waals surface area contributed by atoms with E-state index < -0.39 is 0 Å². The van der Waals surface area contributed by atoms with Gasteiger partial charge in [-0.05, 0) is 19.3 Å². The summed E-state index contributed by atoms with van der Waals surface area (Å²) in [5.41, 5.74) is 0. The predicted octanol–water partition coefficient (Wildman–Crippen LogP) is 1.81. The molecule has 94 valence electrons. The third-order valence-corrected chi connectivity index (χ3v) is 3.80. The van der Waals surface area contributed by atoms with Crippen molar-refractivity contribution in [2.45, 2.75) is 51.6 Å². The zero-order valence-electron chi connectivity index (χ0n) is 10.2. The topological polar surface area (TPSA) is 32.3 Å². The summed E-state index contributed by atoms with van der Waals surface area (Å²) in [6.07, 6.45) is 4.76. The summed E-state index contributed by atoms with van der Waals surface area (Å²) in [6, 6.07) is 1.12. The Bertz CT molecular complexity index is 235. The first-order valence-corrected chi connectivity index (χ1v) is 6.25. The van der Waals surface area contributed by atoms with Gasteiger partial charge in [0.25, 0.3) is 0 Å². The molecule has 2 bridgehead atoms. The first-order valence-electron chi connectivity index (χ1n) is 6.25. The number of rotatable bonds is 2. The second-order valence-electron chi connectivity index (χ2n) is 5.04. The fourth-order valence-electron chi connectivity index (χ4n) is 2.67. The maximum Gasteiger partial charge on any atom is 0.225 e.